The zero-order valence-electron chi connectivity index (χ0n) is 13.7. The Morgan fingerprint density at radius 1 is 1.23 bits per heavy atom. The third-order valence-electron chi connectivity index (χ3n) is 3.35. The molecule has 0 spiro atoms. The molecule has 0 saturated carbocycles. The number of ether oxygens (including phenoxy) is 1. The maximum atomic E-state index is 12.2. The van der Waals surface area contributed by atoms with Gasteiger partial charge in [-0.05, 0) is 37.5 Å². The van der Waals surface area contributed by atoms with Gasteiger partial charge in [0.15, 0.2) is 0 Å². The first kappa shape index (κ1) is 18.0. The van der Waals surface area contributed by atoms with Gasteiger partial charge in [-0.25, -0.2) is 0 Å². The zero-order valence-corrected chi connectivity index (χ0v) is 13.7. The standard InChI is InChI=1S/C17H25NO4/c1-12(2)11-22-14-7-5-13(6-8-14)17(3,4)16(21)18-10-9-15(19)20/h5-8,12H,9-11H2,1-4H3,(H,18,21)(H,19,20). The molecule has 0 heterocycles. The number of rotatable bonds is 8. The van der Waals surface area contributed by atoms with Gasteiger partial charge in [-0.15, -0.1) is 0 Å². The number of hydrogen-bond donors (Lipinski definition) is 2. The number of carboxylic acid groups (broad SMARTS) is 1. The molecule has 122 valence electrons. The number of carbonyl (C=O) groups is 2. The van der Waals surface area contributed by atoms with E-state index >= 15 is 0 Å². The molecule has 5 heteroatoms. The average molecular weight is 307 g/mol. The molecule has 2 N–H and O–H groups in total. The lowest BCUT2D eigenvalue weighted by molar-refractivity contribution is -0.137. The quantitative estimate of drug-likeness (QED) is 0.774. The van der Waals surface area contributed by atoms with Gasteiger partial charge in [-0.2, -0.15) is 0 Å². The van der Waals surface area contributed by atoms with Crippen molar-refractivity contribution in [1.82, 2.24) is 5.32 Å². The fourth-order valence-electron chi connectivity index (χ4n) is 1.87. The van der Waals surface area contributed by atoms with Gasteiger partial charge in [0.2, 0.25) is 5.91 Å². The van der Waals surface area contributed by atoms with Crippen molar-refractivity contribution in [3.8, 4) is 5.75 Å². The lowest BCUT2D eigenvalue weighted by Crippen LogP contribution is -2.40. The van der Waals surface area contributed by atoms with Crippen molar-refractivity contribution in [2.45, 2.75) is 39.5 Å². The van der Waals surface area contributed by atoms with E-state index in [4.69, 9.17) is 9.84 Å². The Morgan fingerprint density at radius 3 is 2.32 bits per heavy atom. The number of carboxylic acids is 1. The molecule has 0 aromatic heterocycles. The number of nitrogens with one attached hydrogen (secondary N) is 1. The van der Waals surface area contributed by atoms with E-state index in [0.29, 0.717) is 12.5 Å². The lowest BCUT2D eigenvalue weighted by Gasteiger charge is -2.24. The van der Waals surface area contributed by atoms with Crippen molar-refractivity contribution in [3.63, 3.8) is 0 Å². The maximum Gasteiger partial charge on any atom is 0.305 e. The van der Waals surface area contributed by atoms with Crippen LogP contribution in [0.15, 0.2) is 24.3 Å². The van der Waals surface area contributed by atoms with Crippen LogP contribution in [-0.4, -0.2) is 30.1 Å². The molecule has 0 saturated heterocycles. The van der Waals surface area contributed by atoms with Gasteiger partial charge in [-0.3, -0.25) is 9.59 Å². The van der Waals surface area contributed by atoms with Crippen molar-refractivity contribution in [2.75, 3.05) is 13.2 Å². The molecule has 0 aliphatic carbocycles. The van der Waals surface area contributed by atoms with E-state index < -0.39 is 11.4 Å². The Balaban J connectivity index is 2.67. The molecule has 0 bridgehead atoms. The summed E-state index contributed by atoms with van der Waals surface area (Å²) in [4.78, 5) is 22.7. The third-order valence-corrected chi connectivity index (χ3v) is 3.35. The van der Waals surface area contributed by atoms with E-state index in [1.54, 1.807) is 0 Å². The zero-order chi connectivity index (χ0) is 16.8. The lowest BCUT2D eigenvalue weighted by atomic mass is 9.83. The number of carbonyl (C=O) groups excluding carboxylic acids is 1. The topological polar surface area (TPSA) is 75.6 Å². The van der Waals surface area contributed by atoms with Gasteiger partial charge in [0, 0.05) is 6.54 Å². The molecule has 0 aliphatic heterocycles. The van der Waals surface area contributed by atoms with Crippen LogP contribution in [0.4, 0.5) is 0 Å². The predicted octanol–water partition coefficient (Wildman–Crippen LogP) is 2.59. The van der Waals surface area contributed by atoms with Crippen LogP contribution in [-0.2, 0) is 15.0 Å². The SMILES string of the molecule is CC(C)COc1ccc(C(C)(C)C(=O)NCCC(=O)O)cc1. The molecule has 5 nitrogen and oxygen atoms in total. The molecule has 0 unspecified atom stereocenters. The fraction of sp³-hybridized carbons (Fsp3) is 0.529. The summed E-state index contributed by atoms with van der Waals surface area (Å²) < 4.78 is 5.62. The van der Waals surface area contributed by atoms with Crippen LogP contribution in [0.25, 0.3) is 0 Å². The van der Waals surface area contributed by atoms with Gasteiger partial charge in [0.1, 0.15) is 5.75 Å². The normalized spacial score (nSPS) is 11.3. The molecule has 1 amide bonds. The average Bonchev–Trinajstić information content (AvgIpc) is 2.45. The second-order valence-electron chi connectivity index (χ2n) is 6.25. The van der Waals surface area contributed by atoms with E-state index in [0.717, 1.165) is 11.3 Å². The summed E-state index contributed by atoms with van der Waals surface area (Å²) in [5.41, 5.74) is 0.131. The molecule has 0 aliphatic rings. The highest BCUT2D eigenvalue weighted by Crippen LogP contribution is 2.25. The van der Waals surface area contributed by atoms with Crippen molar-refractivity contribution in [1.29, 1.82) is 0 Å². The van der Waals surface area contributed by atoms with Crippen LogP contribution >= 0.6 is 0 Å². The molecular weight excluding hydrogens is 282 g/mol. The van der Waals surface area contributed by atoms with Crippen molar-refractivity contribution >= 4 is 11.9 Å². The van der Waals surface area contributed by atoms with Crippen molar-refractivity contribution in [2.24, 2.45) is 5.92 Å². The van der Waals surface area contributed by atoms with Gasteiger partial charge < -0.3 is 15.2 Å². The highest BCUT2D eigenvalue weighted by molar-refractivity contribution is 5.87. The van der Waals surface area contributed by atoms with Crippen molar-refractivity contribution < 1.29 is 19.4 Å². The summed E-state index contributed by atoms with van der Waals surface area (Å²) in [6.45, 7) is 8.57. The molecule has 0 fully saturated rings. The van der Waals surface area contributed by atoms with E-state index in [1.165, 1.54) is 0 Å². The smallest absolute Gasteiger partial charge is 0.305 e. The second-order valence-corrected chi connectivity index (χ2v) is 6.25. The molecule has 0 atom stereocenters. The number of amides is 1. The van der Waals surface area contributed by atoms with Crippen molar-refractivity contribution in [3.05, 3.63) is 29.8 Å². The number of benzene rings is 1. The summed E-state index contributed by atoms with van der Waals surface area (Å²) in [6, 6.07) is 7.44. The van der Waals surface area contributed by atoms with Crippen LogP contribution in [0, 0.1) is 5.92 Å². The molecule has 22 heavy (non-hydrogen) atoms. The fourth-order valence-corrected chi connectivity index (χ4v) is 1.87. The van der Waals surface area contributed by atoms with Crippen LogP contribution in [0.5, 0.6) is 5.75 Å². The summed E-state index contributed by atoms with van der Waals surface area (Å²) in [7, 11) is 0. The van der Waals surface area contributed by atoms with Crippen LogP contribution in [0.2, 0.25) is 0 Å². The number of hydrogen-bond acceptors (Lipinski definition) is 3. The summed E-state index contributed by atoms with van der Waals surface area (Å²) >= 11 is 0. The highest BCUT2D eigenvalue weighted by atomic mass is 16.5. The van der Waals surface area contributed by atoms with E-state index in [1.807, 2.05) is 38.1 Å². The Morgan fingerprint density at radius 2 is 1.82 bits per heavy atom. The second kappa shape index (κ2) is 7.82. The van der Waals surface area contributed by atoms with Crippen LogP contribution < -0.4 is 10.1 Å². The summed E-state index contributed by atoms with van der Waals surface area (Å²) in [6.07, 6.45) is -0.0796. The third kappa shape index (κ3) is 5.39. The summed E-state index contributed by atoms with van der Waals surface area (Å²) in [5.74, 6) is 0.116. The first-order valence-corrected chi connectivity index (χ1v) is 7.47. The Kier molecular flexibility index (Phi) is 6.40. The van der Waals surface area contributed by atoms with Gasteiger partial charge in [-0.1, -0.05) is 26.0 Å². The maximum absolute atomic E-state index is 12.2. The summed E-state index contributed by atoms with van der Waals surface area (Å²) in [5, 5.41) is 11.3. The first-order chi connectivity index (χ1) is 10.2. The minimum Gasteiger partial charge on any atom is -0.493 e. The monoisotopic (exact) mass is 307 g/mol. The largest absolute Gasteiger partial charge is 0.493 e. The molecule has 1 aromatic carbocycles. The van der Waals surface area contributed by atoms with Gasteiger partial charge in [0.25, 0.3) is 0 Å². The highest BCUT2D eigenvalue weighted by Gasteiger charge is 2.29. The van der Waals surface area contributed by atoms with E-state index in [-0.39, 0.29) is 18.9 Å². The Hall–Kier alpha value is -2.04. The predicted molar refractivity (Wildman–Crippen MR) is 85.1 cm³/mol. The van der Waals surface area contributed by atoms with Gasteiger partial charge >= 0.3 is 5.97 Å². The number of aliphatic carboxylic acids is 1. The van der Waals surface area contributed by atoms with E-state index in [9.17, 15) is 9.59 Å². The molecule has 0 radical (unpaired) electrons. The Labute approximate surface area is 131 Å². The minimum absolute atomic E-state index is 0.0796. The van der Waals surface area contributed by atoms with Gasteiger partial charge in [0.05, 0.1) is 18.4 Å². The van der Waals surface area contributed by atoms with Crippen LogP contribution in [0.3, 0.4) is 0 Å². The molecule has 1 rings (SSSR count). The molecular formula is C17H25NO4. The Bertz CT molecular complexity index is 506. The first-order valence-electron chi connectivity index (χ1n) is 7.47. The minimum atomic E-state index is -0.926. The molecule has 1 aromatic rings. The van der Waals surface area contributed by atoms with Crippen LogP contribution in [0.1, 0.15) is 39.7 Å². The van der Waals surface area contributed by atoms with E-state index in [2.05, 4.69) is 19.2 Å².